The summed E-state index contributed by atoms with van der Waals surface area (Å²) in [7, 11) is 0. The maximum absolute atomic E-state index is 12.4. The van der Waals surface area contributed by atoms with Gasteiger partial charge in [-0.2, -0.15) is 0 Å². The molecule has 0 spiro atoms. The van der Waals surface area contributed by atoms with Gasteiger partial charge in [-0.3, -0.25) is 24.1 Å². The van der Waals surface area contributed by atoms with E-state index in [2.05, 4.69) is 10.6 Å². The van der Waals surface area contributed by atoms with Gasteiger partial charge in [0.15, 0.2) is 0 Å². The molecule has 2 aliphatic rings. The molecule has 1 unspecified atom stereocenters. The van der Waals surface area contributed by atoms with Gasteiger partial charge < -0.3 is 10.6 Å². The van der Waals surface area contributed by atoms with Gasteiger partial charge in [0.2, 0.25) is 11.8 Å². The van der Waals surface area contributed by atoms with Crippen LogP contribution in [0, 0.1) is 5.92 Å². The predicted octanol–water partition coefficient (Wildman–Crippen LogP) is 2.90. The normalized spacial score (nSPS) is 16.2. The number of imide groups is 1. The Balaban J connectivity index is 1.28. The second-order valence-electron chi connectivity index (χ2n) is 7.73. The third kappa shape index (κ3) is 4.10. The summed E-state index contributed by atoms with van der Waals surface area (Å²) >= 11 is 0. The van der Waals surface area contributed by atoms with Crippen LogP contribution in [-0.4, -0.2) is 35.1 Å². The molecule has 1 fully saturated rings. The van der Waals surface area contributed by atoms with Crippen LogP contribution in [0.1, 0.15) is 58.5 Å². The number of anilines is 1. The van der Waals surface area contributed by atoms with Gasteiger partial charge in [0.25, 0.3) is 11.8 Å². The molecule has 0 radical (unpaired) electrons. The Morgan fingerprint density at radius 1 is 1.00 bits per heavy atom. The molecule has 0 aromatic heterocycles. The van der Waals surface area contributed by atoms with Crippen LogP contribution in [0.3, 0.4) is 0 Å². The molecule has 1 atom stereocenters. The van der Waals surface area contributed by atoms with Gasteiger partial charge in [0.1, 0.15) is 0 Å². The molecule has 154 valence electrons. The molecule has 2 aromatic carbocycles. The largest absolute Gasteiger partial charge is 0.350 e. The van der Waals surface area contributed by atoms with Gasteiger partial charge in [-0.15, -0.1) is 0 Å². The van der Waals surface area contributed by atoms with E-state index in [0.717, 1.165) is 29.0 Å². The monoisotopic (exact) mass is 405 g/mol. The number of hydrogen-bond acceptors (Lipinski definition) is 4. The predicted molar refractivity (Wildman–Crippen MR) is 111 cm³/mol. The molecular formula is C23H23N3O4. The smallest absolute Gasteiger partial charge is 0.261 e. The van der Waals surface area contributed by atoms with Crippen molar-refractivity contribution in [2.45, 2.75) is 32.2 Å². The van der Waals surface area contributed by atoms with Crippen LogP contribution in [0.15, 0.2) is 48.5 Å². The zero-order valence-electron chi connectivity index (χ0n) is 16.7. The third-order valence-corrected chi connectivity index (χ3v) is 5.44. The number of rotatable bonds is 7. The molecule has 4 amide bonds. The Hall–Kier alpha value is -3.48. The maximum Gasteiger partial charge on any atom is 0.261 e. The van der Waals surface area contributed by atoms with E-state index in [1.807, 2.05) is 31.2 Å². The molecule has 1 aliphatic carbocycles. The van der Waals surface area contributed by atoms with Crippen LogP contribution in [0.2, 0.25) is 0 Å². The van der Waals surface area contributed by atoms with Crippen LogP contribution >= 0.6 is 0 Å². The van der Waals surface area contributed by atoms with Crippen LogP contribution in [0.25, 0.3) is 0 Å². The number of carbonyl (C=O) groups is 4. The molecule has 1 aliphatic heterocycles. The van der Waals surface area contributed by atoms with Gasteiger partial charge in [-0.25, -0.2) is 0 Å². The summed E-state index contributed by atoms with van der Waals surface area (Å²) in [5.41, 5.74) is 2.39. The van der Waals surface area contributed by atoms with E-state index >= 15 is 0 Å². The van der Waals surface area contributed by atoms with Crippen molar-refractivity contribution in [2.75, 3.05) is 11.9 Å². The second kappa shape index (κ2) is 8.10. The number of nitrogens with zero attached hydrogens (tertiary/aromatic N) is 1. The molecule has 2 N–H and O–H groups in total. The van der Waals surface area contributed by atoms with E-state index in [0.29, 0.717) is 11.1 Å². The number of hydrogen-bond donors (Lipinski definition) is 2. The second-order valence-corrected chi connectivity index (χ2v) is 7.73. The van der Waals surface area contributed by atoms with E-state index in [4.69, 9.17) is 0 Å². The summed E-state index contributed by atoms with van der Waals surface area (Å²) in [6, 6.07) is 13.8. The quantitative estimate of drug-likeness (QED) is 0.693. The van der Waals surface area contributed by atoms with Crippen LogP contribution in [0.5, 0.6) is 0 Å². The lowest BCUT2D eigenvalue weighted by molar-refractivity contribution is -0.121. The van der Waals surface area contributed by atoms with Crippen molar-refractivity contribution in [3.63, 3.8) is 0 Å². The standard InChI is InChI=1S/C23H23N3O4/c1-14(15-8-10-17(11-9-15)25-21(28)16-6-7-16)24-20(27)12-13-26-22(29)18-4-2-3-5-19(18)23(26)30/h2-5,8-11,14,16H,6-7,12-13H2,1H3,(H,24,27)(H,25,28). The molecular weight excluding hydrogens is 382 g/mol. The summed E-state index contributed by atoms with van der Waals surface area (Å²) in [5.74, 6) is -0.770. The van der Waals surface area contributed by atoms with Gasteiger partial charge in [0.05, 0.1) is 17.2 Å². The zero-order chi connectivity index (χ0) is 21.3. The first kappa shape index (κ1) is 19.8. The first-order valence-corrected chi connectivity index (χ1v) is 10.1. The van der Waals surface area contributed by atoms with Gasteiger partial charge in [-0.05, 0) is 49.6 Å². The molecule has 0 bridgehead atoms. The fourth-order valence-corrected chi connectivity index (χ4v) is 3.50. The average molecular weight is 405 g/mol. The first-order chi connectivity index (χ1) is 14.4. The Bertz CT molecular complexity index is 976. The number of benzene rings is 2. The van der Waals surface area contributed by atoms with Crippen molar-refractivity contribution >= 4 is 29.3 Å². The SMILES string of the molecule is CC(NC(=O)CCN1C(=O)c2ccccc2C1=O)c1ccc(NC(=O)C2CC2)cc1. The van der Waals surface area contributed by atoms with Gasteiger partial charge in [0, 0.05) is 24.6 Å². The fourth-order valence-electron chi connectivity index (χ4n) is 3.50. The highest BCUT2D eigenvalue weighted by atomic mass is 16.2. The van der Waals surface area contributed by atoms with Crippen molar-refractivity contribution in [1.29, 1.82) is 0 Å². The van der Waals surface area contributed by atoms with E-state index < -0.39 is 0 Å². The molecule has 7 nitrogen and oxygen atoms in total. The highest BCUT2D eigenvalue weighted by molar-refractivity contribution is 6.21. The molecule has 7 heteroatoms. The molecule has 0 saturated heterocycles. The topological polar surface area (TPSA) is 95.6 Å². The van der Waals surface area contributed by atoms with E-state index in [1.165, 1.54) is 0 Å². The molecule has 1 saturated carbocycles. The minimum Gasteiger partial charge on any atom is -0.350 e. The lowest BCUT2D eigenvalue weighted by Crippen LogP contribution is -2.35. The van der Waals surface area contributed by atoms with Crippen molar-refractivity contribution in [2.24, 2.45) is 5.92 Å². The van der Waals surface area contributed by atoms with Crippen LogP contribution < -0.4 is 10.6 Å². The average Bonchev–Trinajstić information content (AvgIpc) is 3.56. The summed E-state index contributed by atoms with van der Waals surface area (Å²) in [5, 5.41) is 5.77. The lowest BCUT2D eigenvalue weighted by atomic mass is 10.1. The molecule has 4 rings (SSSR count). The summed E-state index contributed by atoms with van der Waals surface area (Å²) in [6.45, 7) is 1.90. The number of fused-ring (bicyclic) bond motifs is 1. The fraction of sp³-hybridized carbons (Fsp3) is 0.304. The Labute approximate surface area is 174 Å². The number of nitrogens with one attached hydrogen (secondary N) is 2. The van der Waals surface area contributed by atoms with E-state index in [1.54, 1.807) is 24.3 Å². The van der Waals surface area contributed by atoms with E-state index in [-0.39, 0.29) is 48.6 Å². The minimum absolute atomic E-state index is 0.0331. The highest BCUT2D eigenvalue weighted by Gasteiger charge is 2.35. The first-order valence-electron chi connectivity index (χ1n) is 10.1. The zero-order valence-corrected chi connectivity index (χ0v) is 16.7. The Morgan fingerprint density at radius 3 is 2.17 bits per heavy atom. The summed E-state index contributed by atoms with van der Waals surface area (Å²) in [4.78, 5) is 50.0. The van der Waals surface area contributed by atoms with Crippen molar-refractivity contribution < 1.29 is 19.2 Å². The van der Waals surface area contributed by atoms with Crippen LogP contribution in [0.4, 0.5) is 5.69 Å². The lowest BCUT2D eigenvalue weighted by Gasteiger charge is -2.17. The Kier molecular flexibility index (Phi) is 5.35. The highest BCUT2D eigenvalue weighted by Crippen LogP contribution is 2.30. The van der Waals surface area contributed by atoms with Gasteiger partial charge >= 0.3 is 0 Å². The Morgan fingerprint density at radius 2 is 1.60 bits per heavy atom. The summed E-state index contributed by atoms with van der Waals surface area (Å²) < 4.78 is 0. The summed E-state index contributed by atoms with van der Waals surface area (Å²) in [6.07, 6.45) is 1.94. The molecule has 30 heavy (non-hydrogen) atoms. The van der Waals surface area contributed by atoms with E-state index in [9.17, 15) is 19.2 Å². The third-order valence-electron chi connectivity index (χ3n) is 5.44. The van der Waals surface area contributed by atoms with Crippen LogP contribution in [-0.2, 0) is 9.59 Å². The minimum atomic E-state index is -0.361. The number of carbonyl (C=O) groups excluding carboxylic acids is 4. The molecule has 2 aromatic rings. The van der Waals surface area contributed by atoms with Crippen molar-refractivity contribution in [3.8, 4) is 0 Å². The van der Waals surface area contributed by atoms with Crippen molar-refractivity contribution in [1.82, 2.24) is 10.2 Å². The van der Waals surface area contributed by atoms with Gasteiger partial charge in [-0.1, -0.05) is 24.3 Å². The van der Waals surface area contributed by atoms with Crippen molar-refractivity contribution in [3.05, 3.63) is 65.2 Å². The number of amides is 4. The molecule has 1 heterocycles. The maximum atomic E-state index is 12.4.